The molecule has 1 aromatic heterocycles. The average Bonchev–Trinajstić information content (AvgIpc) is 3.01. The lowest BCUT2D eigenvalue weighted by Gasteiger charge is -2.28. The number of carbonyl (C=O) groups is 1. The zero-order valence-electron chi connectivity index (χ0n) is 20.8. The highest BCUT2D eigenvalue weighted by Crippen LogP contribution is 2.45. The molecule has 9 heteroatoms. The van der Waals surface area contributed by atoms with Gasteiger partial charge in [0.1, 0.15) is 13.4 Å². The van der Waals surface area contributed by atoms with Gasteiger partial charge in [-0.2, -0.15) is 0 Å². The quantitative estimate of drug-likeness (QED) is 0.422. The Morgan fingerprint density at radius 1 is 1.16 bits per heavy atom. The number of aliphatic carboxylic acids is 1. The minimum Gasteiger partial charge on any atom is -0.778 e. The molecule has 2 aromatic carbocycles. The first-order chi connectivity index (χ1) is 17.6. The van der Waals surface area contributed by atoms with Crippen LogP contribution in [0.25, 0.3) is 22.4 Å². The zero-order chi connectivity index (χ0) is 26.7. The first kappa shape index (κ1) is 27.1. The molecule has 0 bridgehead atoms. The van der Waals surface area contributed by atoms with E-state index < -0.39 is 32.3 Å². The molecule has 1 aliphatic carbocycles. The van der Waals surface area contributed by atoms with Gasteiger partial charge in [0, 0.05) is 35.4 Å². The van der Waals surface area contributed by atoms with Gasteiger partial charge >= 0.3 is 0 Å². The van der Waals surface area contributed by atoms with Crippen LogP contribution in [0.4, 0.5) is 4.39 Å². The first-order valence-corrected chi connectivity index (χ1v) is 14.0. The fourth-order valence-electron chi connectivity index (χ4n) is 4.89. The Morgan fingerprint density at radius 3 is 2.54 bits per heavy atom. The van der Waals surface area contributed by atoms with Crippen LogP contribution >= 0.6 is 7.60 Å². The molecule has 1 N–H and O–H groups in total. The van der Waals surface area contributed by atoms with Crippen molar-refractivity contribution in [3.05, 3.63) is 76.7 Å². The Kier molecular flexibility index (Phi) is 8.24. The smallest absolute Gasteiger partial charge is 0.137 e. The summed E-state index contributed by atoms with van der Waals surface area (Å²) >= 11 is 0. The maximum atomic E-state index is 13.8. The Labute approximate surface area is 215 Å². The molecular weight excluding hydrogens is 496 g/mol. The number of aryl methyl sites for hydroxylation is 1. The SMILES string of the molecule is CC(C)c1nc2c(c(-c3ccc(F)cc3)c1COP(=O)([O-])C[C@H](O)CC(=O)[O-])CCCc1ccccc1-2. The van der Waals surface area contributed by atoms with Gasteiger partial charge in [-0.25, -0.2) is 4.39 Å². The number of aromatic nitrogens is 1. The molecule has 37 heavy (non-hydrogen) atoms. The van der Waals surface area contributed by atoms with Gasteiger partial charge in [-0.3, -0.25) is 4.98 Å². The molecule has 196 valence electrons. The number of benzene rings is 2. The second-order valence-corrected chi connectivity index (χ2v) is 11.5. The number of rotatable bonds is 9. The molecule has 0 aliphatic heterocycles. The summed E-state index contributed by atoms with van der Waals surface area (Å²) in [5.74, 6) is -2.03. The average molecular weight is 526 g/mol. The summed E-state index contributed by atoms with van der Waals surface area (Å²) in [4.78, 5) is 28.4. The lowest BCUT2D eigenvalue weighted by Crippen LogP contribution is -2.30. The monoisotopic (exact) mass is 525 g/mol. The van der Waals surface area contributed by atoms with Crippen LogP contribution in [0.3, 0.4) is 0 Å². The number of pyridine rings is 1. The van der Waals surface area contributed by atoms with Gasteiger partial charge in [0.2, 0.25) is 0 Å². The number of halogens is 1. The number of carboxylic acids is 1. The van der Waals surface area contributed by atoms with Gasteiger partial charge < -0.3 is 29.0 Å². The van der Waals surface area contributed by atoms with Crippen LogP contribution in [0.1, 0.15) is 55.0 Å². The third-order valence-corrected chi connectivity index (χ3v) is 7.89. The van der Waals surface area contributed by atoms with Crippen molar-refractivity contribution in [2.45, 2.75) is 58.2 Å². The number of fused-ring (bicyclic) bond motifs is 3. The minimum absolute atomic E-state index is 0.0896. The maximum Gasteiger partial charge on any atom is 0.137 e. The van der Waals surface area contributed by atoms with Crippen molar-refractivity contribution in [1.29, 1.82) is 0 Å². The third-order valence-electron chi connectivity index (χ3n) is 6.50. The zero-order valence-corrected chi connectivity index (χ0v) is 21.7. The van der Waals surface area contributed by atoms with E-state index in [9.17, 15) is 28.9 Å². The van der Waals surface area contributed by atoms with E-state index in [4.69, 9.17) is 9.51 Å². The van der Waals surface area contributed by atoms with Gasteiger partial charge in [0.15, 0.2) is 0 Å². The number of aliphatic hydroxyl groups is 1. The molecule has 0 saturated carbocycles. The molecule has 3 aromatic rings. The van der Waals surface area contributed by atoms with Crippen LogP contribution in [0.15, 0.2) is 48.5 Å². The van der Waals surface area contributed by atoms with Crippen LogP contribution in [0, 0.1) is 5.82 Å². The topological polar surface area (TPSA) is 123 Å². The molecule has 1 heterocycles. The highest BCUT2D eigenvalue weighted by Gasteiger charge is 2.27. The molecule has 0 radical (unpaired) electrons. The van der Waals surface area contributed by atoms with Crippen LogP contribution in [0.5, 0.6) is 0 Å². The minimum atomic E-state index is -4.61. The van der Waals surface area contributed by atoms with E-state index in [1.807, 2.05) is 32.0 Å². The Balaban J connectivity index is 1.86. The Bertz CT molecular complexity index is 1340. The number of nitrogens with zero attached hydrogens (tertiary/aromatic N) is 1. The number of carboxylic acid groups (broad SMARTS) is 1. The fraction of sp³-hybridized carbons (Fsp3) is 0.357. The Hall–Kier alpha value is -2.90. The van der Waals surface area contributed by atoms with Gasteiger partial charge in [-0.1, -0.05) is 50.2 Å². The van der Waals surface area contributed by atoms with Crippen molar-refractivity contribution < 1.29 is 33.4 Å². The lowest BCUT2D eigenvalue weighted by atomic mass is 9.87. The molecular formula is C28H29FNO6P-2. The van der Waals surface area contributed by atoms with E-state index >= 15 is 0 Å². The van der Waals surface area contributed by atoms with Gasteiger partial charge in [-0.05, 0) is 59.6 Å². The van der Waals surface area contributed by atoms with Crippen molar-refractivity contribution in [2.24, 2.45) is 0 Å². The highest BCUT2D eigenvalue weighted by atomic mass is 31.2. The van der Waals surface area contributed by atoms with Crippen molar-refractivity contribution in [2.75, 3.05) is 6.16 Å². The normalized spacial score (nSPS) is 15.4. The third kappa shape index (κ3) is 6.33. The summed E-state index contributed by atoms with van der Waals surface area (Å²) in [7, 11) is -4.61. The number of hydrogen-bond acceptors (Lipinski definition) is 7. The maximum absolute atomic E-state index is 13.8. The van der Waals surface area contributed by atoms with Crippen molar-refractivity contribution in [3.63, 3.8) is 0 Å². The van der Waals surface area contributed by atoms with Crippen LogP contribution in [-0.4, -0.2) is 28.3 Å². The van der Waals surface area contributed by atoms with Gasteiger partial charge in [0.05, 0.1) is 18.4 Å². The fourth-order valence-corrected chi connectivity index (χ4v) is 5.97. The Morgan fingerprint density at radius 2 is 1.86 bits per heavy atom. The standard InChI is InChI=1S/C28H31FNO6P/c1-17(2)27-24(15-36-37(34,35)16-21(31)14-25(32)33)26(19-10-12-20(29)13-11-19)23-9-5-7-18-6-3-4-8-22(18)28(23)30-27/h3-4,6,8,10-13,17,21,31H,5,7,9,14-16H2,1-2H3,(H,32,33)(H,34,35)/p-2/t21-/m1/s1. The molecule has 1 aliphatic rings. The van der Waals surface area contributed by atoms with Gasteiger partial charge in [-0.15, -0.1) is 0 Å². The first-order valence-electron chi connectivity index (χ1n) is 12.3. The number of hydrogen-bond donors (Lipinski definition) is 1. The van der Waals surface area contributed by atoms with E-state index in [0.29, 0.717) is 17.7 Å². The lowest BCUT2D eigenvalue weighted by molar-refractivity contribution is -0.307. The van der Waals surface area contributed by atoms with E-state index in [-0.39, 0.29) is 18.3 Å². The molecule has 0 spiro atoms. The summed E-state index contributed by atoms with van der Waals surface area (Å²) < 4.78 is 31.8. The van der Waals surface area contributed by atoms with E-state index in [1.54, 1.807) is 12.1 Å². The van der Waals surface area contributed by atoms with E-state index in [2.05, 4.69) is 6.07 Å². The highest BCUT2D eigenvalue weighted by molar-refractivity contribution is 7.51. The summed E-state index contributed by atoms with van der Waals surface area (Å²) in [6.07, 6.45) is -0.894. The van der Waals surface area contributed by atoms with Crippen LogP contribution < -0.4 is 10.00 Å². The molecule has 0 amide bonds. The van der Waals surface area contributed by atoms with E-state index in [0.717, 1.165) is 40.8 Å². The van der Waals surface area contributed by atoms with Gasteiger partial charge in [0.25, 0.3) is 0 Å². The van der Waals surface area contributed by atoms with Crippen molar-refractivity contribution in [3.8, 4) is 22.4 Å². The van der Waals surface area contributed by atoms with E-state index in [1.165, 1.54) is 17.7 Å². The largest absolute Gasteiger partial charge is 0.778 e. The molecule has 2 atom stereocenters. The van der Waals surface area contributed by atoms with Crippen molar-refractivity contribution >= 4 is 13.6 Å². The van der Waals surface area contributed by atoms with Crippen LogP contribution in [0.2, 0.25) is 0 Å². The summed E-state index contributed by atoms with van der Waals surface area (Å²) in [5.41, 5.74) is 6.69. The summed E-state index contributed by atoms with van der Waals surface area (Å²) in [6, 6.07) is 14.1. The second-order valence-electron chi connectivity index (χ2n) is 9.65. The molecule has 0 saturated heterocycles. The second kappa shape index (κ2) is 11.2. The molecule has 7 nitrogen and oxygen atoms in total. The molecule has 1 unspecified atom stereocenters. The predicted octanol–water partition coefficient (Wildman–Crippen LogP) is 3.74. The summed E-state index contributed by atoms with van der Waals surface area (Å²) in [6.45, 7) is 3.56. The van der Waals surface area contributed by atoms with Crippen molar-refractivity contribution in [1.82, 2.24) is 4.98 Å². The number of carbonyl (C=O) groups excluding carboxylic acids is 1. The molecule has 0 fully saturated rings. The predicted molar refractivity (Wildman–Crippen MR) is 134 cm³/mol. The molecule has 4 rings (SSSR count). The number of aliphatic hydroxyl groups excluding tert-OH is 1. The van der Waals surface area contributed by atoms with Crippen LogP contribution in [-0.2, 0) is 33.3 Å². The summed E-state index contributed by atoms with van der Waals surface area (Å²) in [5, 5.41) is 20.5.